The number of anilines is 1. The highest BCUT2D eigenvalue weighted by Gasteiger charge is 2.30. The minimum Gasteiger partial charge on any atom is -0.481 e. The number of carboxylic acids is 1. The largest absolute Gasteiger partial charge is 0.481 e. The molecule has 2 aromatic rings. The normalized spacial score (nSPS) is 16.9. The van der Waals surface area contributed by atoms with Crippen LogP contribution in [-0.4, -0.2) is 17.0 Å². The van der Waals surface area contributed by atoms with E-state index in [0.29, 0.717) is 16.8 Å². The molecule has 0 spiro atoms. The number of hydrogen-bond acceptors (Lipinski definition) is 2. The average molecular weight is 349 g/mol. The number of nitrogens with one attached hydrogen (secondary N) is 1. The first-order valence-corrected chi connectivity index (χ1v) is 7.57. The summed E-state index contributed by atoms with van der Waals surface area (Å²) in [4.78, 5) is 22.8. The van der Waals surface area contributed by atoms with Crippen molar-refractivity contribution in [2.75, 3.05) is 5.32 Å². The molecule has 1 unspecified atom stereocenters. The van der Waals surface area contributed by atoms with Crippen LogP contribution in [0.5, 0.6) is 0 Å². The zero-order valence-corrected chi connectivity index (χ0v) is 12.9. The lowest BCUT2D eigenvalue weighted by molar-refractivity contribution is -0.140. The van der Waals surface area contributed by atoms with Gasteiger partial charge in [0, 0.05) is 5.69 Å². The Hall–Kier alpha value is -2.83. The van der Waals surface area contributed by atoms with Gasteiger partial charge >= 0.3 is 12.1 Å². The van der Waals surface area contributed by atoms with Gasteiger partial charge in [-0.1, -0.05) is 18.2 Å². The Morgan fingerprint density at radius 1 is 1.12 bits per heavy atom. The van der Waals surface area contributed by atoms with E-state index in [-0.39, 0.29) is 18.7 Å². The average Bonchev–Trinajstić information content (AvgIpc) is 2.54. The number of carboxylic acid groups (broad SMARTS) is 1. The summed E-state index contributed by atoms with van der Waals surface area (Å²) in [6, 6.07) is 9.97. The van der Waals surface area contributed by atoms with Gasteiger partial charge in [0.2, 0.25) is 5.91 Å². The van der Waals surface area contributed by atoms with Gasteiger partial charge in [-0.05, 0) is 47.4 Å². The predicted octanol–water partition coefficient (Wildman–Crippen LogP) is 3.96. The summed E-state index contributed by atoms with van der Waals surface area (Å²) in [5, 5.41) is 11.6. The second kappa shape index (κ2) is 6.23. The van der Waals surface area contributed by atoms with Crippen LogP contribution >= 0.6 is 0 Å². The lowest BCUT2D eigenvalue weighted by atomic mass is 9.89. The van der Waals surface area contributed by atoms with Crippen molar-refractivity contribution in [3.63, 3.8) is 0 Å². The van der Waals surface area contributed by atoms with Crippen LogP contribution in [0.1, 0.15) is 17.5 Å². The van der Waals surface area contributed by atoms with E-state index in [1.54, 1.807) is 18.2 Å². The van der Waals surface area contributed by atoms with Gasteiger partial charge in [0.05, 0.1) is 17.9 Å². The maximum atomic E-state index is 12.6. The van der Waals surface area contributed by atoms with Crippen molar-refractivity contribution in [2.45, 2.75) is 19.0 Å². The molecule has 1 aliphatic heterocycles. The molecular formula is C18H14F3NO3. The number of benzene rings is 2. The molecule has 2 N–H and O–H groups in total. The summed E-state index contributed by atoms with van der Waals surface area (Å²) >= 11 is 0. The number of hydrogen-bond donors (Lipinski definition) is 2. The highest BCUT2D eigenvalue weighted by atomic mass is 19.4. The second-order valence-corrected chi connectivity index (χ2v) is 5.94. The van der Waals surface area contributed by atoms with Crippen LogP contribution in [0.15, 0.2) is 42.5 Å². The zero-order valence-electron chi connectivity index (χ0n) is 12.9. The molecule has 3 rings (SSSR count). The van der Waals surface area contributed by atoms with E-state index in [1.165, 1.54) is 12.1 Å². The summed E-state index contributed by atoms with van der Waals surface area (Å²) in [7, 11) is 0. The molecule has 0 fully saturated rings. The highest BCUT2D eigenvalue weighted by molar-refractivity contribution is 5.97. The first-order chi connectivity index (χ1) is 11.7. The van der Waals surface area contributed by atoms with E-state index >= 15 is 0 Å². The number of aliphatic carboxylic acids is 1. The monoisotopic (exact) mass is 349 g/mol. The van der Waals surface area contributed by atoms with Crippen LogP contribution < -0.4 is 5.32 Å². The smallest absolute Gasteiger partial charge is 0.416 e. The Kier molecular flexibility index (Phi) is 4.24. The fraction of sp³-hybridized carbons (Fsp3) is 0.222. The molecule has 4 nitrogen and oxygen atoms in total. The van der Waals surface area contributed by atoms with E-state index < -0.39 is 23.6 Å². The highest BCUT2D eigenvalue weighted by Crippen LogP contribution is 2.34. The third kappa shape index (κ3) is 3.65. The van der Waals surface area contributed by atoms with Gasteiger partial charge in [0.25, 0.3) is 0 Å². The zero-order chi connectivity index (χ0) is 18.2. The van der Waals surface area contributed by atoms with E-state index in [1.807, 2.05) is 0 Å². The lowest BCUT2D eigenvalue weighted by Gasteiger charge is -2.24. The molecule has 0 radical (unpaired) electrons. The minimum atomic E-state index is -4.39. The molecule has 130 valence electrons. The molecule has 1 atom stereocenters. The van der Waals surface area contributed by atoms with Crippen molar-refractivity contribution in [2.24, 2.45) is 5.92 Å². The van der Waals surface area contributed by atoms with E-state index in [2.05, 4.69) is 5.32 Å². The number of carbonyl (C=O) groups is 2. The Balaban J connectivity index is 1.88. The van der Waals surface area contributed by atoms with Gasteiger partial charge in [-0.15, -0.1) is 0 Å². The van der Waals surface area contributed by atoms with Gasteiger partial charge in [-0.25, -0.2) is 0 Å². The number of rotatable bonds is 3. The topological polar surface area (TPSA) is 66.4 Å². The third-order valence-corrected chi connectivity index (χ3v) is 4.17. The molecular weight excluding hydrogens is 335 g/mol. The van der Waals surface area contributed by atoms with Crippen LogP contribution in [0.2, 0.25) is 0 Å². The summed E-state index contributed by atoms with van der Waals surface area (Å²) in [6.45, 7) is 0. The van der Waals surface area contributed by atoms with Crippen LogP contribution in [0.3, 0.4) is 0 Å². The predicted molar refractivity (Wildman–Crippen MR) is 85.0 cm³/mol. The van der Waals surface area contributed by atoms with Crippen LogP contribution in [-0.2, 0) is 22.2 Å². The lowest BCUT2D eigenvalue weighted by Crippen LogP contribution is -2.31. The third-order valence-electron chi connectivity index (χ3n) is 4.17. The van der Waals surface area contributed by atoms with Gasteiger partial charge in [0.1, 0.15) is 0 Å². The number of fused-ring (bicyclic) bond motifs is 1. The van der Waals surface area contributed by atoms with Gasteiger partial charge in [-0.3, -0.25) is 9.59 Å². The fourth-order valence-electron chi connectivity index (χ4n) is 2.88. The summed E-state index contributed by atoms with van der Waals surface area (Å²) in [5.74, 6) is -2.05. The standard InChI is InChI=1S/C18H14F3NO3/c19-18(20,21)14-4-1-10(2-5-14)11-3-6-15-12(7-11)8-13(9-16(23)24)17(25)22-15/h1-7,13H,8-9H2,(H,22,25)(H,23,24). The van der Waals surface area contributed by atoms with Crippen LogP contribution in [0.4, 0.5) is 18.9 Å². The summed E-state index contributed by atoms with van der Waals surface area (Å²) in [5.41, 5.74) is 1.97. The fourth-order valence-corrected chi connectivity index (χ4v) is 2.88. The van der Waals surface area contributed by atoms with Crippen molar-refractivity contribution in [1.29, 1.82) is 0 Å². The molecule has 1 aliphatic rings. The first-order valence-electron chi connectivity index (χ1n) is 7.57. The van der Waals surface area contributed by atoms with Crippen molar-refractivity contribution >= 4 is 17.6 Å². The molecule has 0 bridgehead atoms. The first kappa shape index (κ1) is 17.0. The Labute approximate surface area is 141 Å². The van der Waals surface area contributed by atoms with Crippen molar-refractivity contribution in [1.82, 2.24) is 0 Å². The van der Waals surface area contributed by atoms with Crippen molar-refractivity contribution < 1.29 is 27.9 Å². The Bertz CT molecular complexity index is 828. The molecule has 1 amide bonds. The Morgan fingerprint density at radius 3 is 2.36 bits per heavy atom. The number of alkyl halides is 3. The maximum Gasteiger partial charge on any atom is 0.416 e. The van der Waals surface area contributed by atoms with Crippen molar-refractivity contribution in [3.05, 3.63) is 53.6 Å². The van der Waals surface area contributed by atoms with Crippen LogP contribution in [0.25, 0.3) is 11.1 Å². The molecule has 0 aromatic heterocycles. The molecule has 7 heteroatoms. The molecule has 1 heterocycles. The van der Waals surface area contributed by atoms with E-state index in [4.69, 9.17) is 5.11 Å². The van der Waals surface area contributed by atoms with Crippen LogP contribution in [0, 0.1) is 5.92 Å². The number of halogens is 3. The quantitative estimate of drug-likeness (QED) is 0.881. The molecule has 0 aliphatic carbocycles. The molecule has 0 saturated carbocycles. The maximum absolute atomic E-state index is 12.6. The SMILES string of the molecule is O=C(O)CC1Cc2cc(-c3ccc(C(F)(F)F)cc3)ccc2NC1=O. The minimum absolute atomic E-state index is 0.268. The van der Waals surface area contributed by atoms with Gasteiger partial charge in [0.15, 0.2) is 0 Å². The van der Waals surface area contributed by atoms with Gasteiger partial charge in [-0.2, -0.15) is 13.2 Å². The van der Waals surface area contributed by atoms with Gasteiger partial charge < -0.3 is 10.4 Å². The van der Waals surface area contributed by atoms with E-state index in [9.17, 15) is 22.8 Å². The van der Waals surface area contributed by atoms with Crippen molar-refractivity contribution in [3.8, 4) is 11.1 Å². The second-order valence-electron chi connectivity index (χ2n) is 5.94. The number of carbonyl (C=O) groups excluding carboxylic acids is 1. The van der Waals surface area contributed by atoms with E-state index in [0.717, 1.165) is 17.7 Å². The summed E-state index contributed by atoms with van der Waals surface area (Å²) in [6.07, 6.45) is -4.37. The molecule has 25 heavy (non-hydrogen) atoms. The molecule has 0 saturated heterocycles. The number of amides is 1. The molecule has 2 aromatic carbocycles. The Morgan fingerprint density at radius 2 is 1.76 bits per heavy atom. The summed E-state index contributed by atoms with van der Waals surface area (Å²) < 4.78 is 37.9.